The Hall–Kier alpha value is -3.78. The lowest BCUT2D eigenvalue weighted by Crippen LogP contribution is -2.29. The zero-order valence-corrected chi connectivity index (χ0v) is 77.4. The number of esters is 4. The fourth-order valence-electron chi connectivity index (χ4n) is 17.1. The van der Waals surface area contributed by atoms with Gasteiger partial charge in [-0.25, -0.2) is 9.97 Å². The van der Waals surface area contributed by atoms with Gasteiger partial charge in [0.05, 0.1) is 6.33 Å². The molecule has 0 spiro atoms. The van der Waals surface area contributed by atoms with E-state index >= 15 is 0 Å². The van der Waals surface area contributed by atoms with Crippen LogP contribution in [0.2, 0.25) is 0 Å². The van der Waals surface area contributed by atoms with Crippen molar-refractivity contribution in [2.75, 3.05) is 39.3 Å². The summed E-state index contributed by atoms with van der Waals surface area (Å²) < 4.78 is 29.8. The number of unbranched alkanes of at least 4 members (excludes halogenated alkanes) is 45. The molecule has 2 aromatic rings. The normalized spacial score (nSPS) is 12.9. The Balaban J connectivity index is 1.98. The summed E-state index contributed by atoms with van der Waals surface area (Å²) in [6.07, 6.45) is 88.3. The van der Waals surface area contributed by atoms with Crippen molar-refractivity contribution in [3.63, 3.8) is 0 Å². The van der Waals surface area contributed by atoms with Crippen LogP contribution in [0.15, 0.2) is 31.1 Å². The first kappa shape index (κ1) is 107. The van der Waals surface area contributed by atoms with Gasteiger partial charge in [0.25, 0.3) is 0 Å². The van der Waals surface area contributed by atoms with E-state index in [1.807, 2.05) is 18.7 Å². The van der Waals surface area contributed by atoms with Crippen molar-refractivity contribution in [2.45, 2.75) is 542 Å². The second kappa shape index (κ2) is 81.2. The Morgan fingerprint density at radius 3 is 0.965 bits per heavy atom. The number of imidazole rings is 2. The van der Waals surface area contributed by atoms with Gasteiger partial charge >= 0.3 is 23.9 Å². The predicted molar refractivity (Wildman–Crippen MR) is 488 cm³/mol. The molecule has 0 saturated heterocycles. The third-order valence-corrected chi connectivity index (χ3v) is 24.7. The number of rotatable bonds is 90. The molecule has 2 rings (SSSR count). The number of carbonyl (C=O) groups is 4. The lowest BCUT2D eigenvalue weighted by Gasteiger charge is -2.29. The number of aromatic nitrogens is 4. The van der Waals surface area contributed by atoms with Crippen molar-refractivity contribution in [3.8, 4) is 0 Å². The minimum Gasteiger partial charge on any atom is -0.462 e. The van der Waals surface area contributed by atoms with E-state index in [-0.39, 0.29) is 54.2 Å². The van der Waals surface area contributed by atoms with Crippen LogP contribution in [0.4, 0.5) is 0 Å². The molecule has 0 aliphatic heterocycles. The average molecular weight is 1620 g/mol. The molecule has 0 bridgehead atoms. The molecule has 0 saturated carbocycles. The summed E-state index contributed by atoms with van der Waals surface area (Å²) in [6.45, 7) is 26.5. The number of nitrogens with zero attached hydrogens (tertiary/aromatic N) is 6. The molecule has 2 aromatic heterocycles. The lowest BCUT2D eigenvalue weighted by atomic mass is 9.86. The maximum atomic E-state index is 14.1. The molecule has 0 amide bonds. The first-order chi connectivity index (χ1) is 56.5. The molecule has 672 valence electrons. The van der Waals surface area contributed by atoms with Crippen molar-refractivity contribution in [3.05, 3.63) is 36.9 Å². The van der Waals surface area contributed by atoms with Crippen LogP contribution < -0.4 is 0 Å². The Kier molecular flexibility index (Phi) is 75.8. The van der Waals surface area contributed by atoms with E-state index in [4.69, 9.17) is 18.9 Å². The van der Waals surface area contributed by atoms with Gasteiger partial charge in [0, 0.05) is 63.6 Å². The maximum absolute atomic E-state index is 14.1. The van der Waals surface area contributed by atoms with Crippen molar-refractivity contribution in [2.24, 2.45) is 5.92 Å². The number of hydrogen-bond donors (Lipinski definition) is 0. The fraction of sp³-hybridized carbons (Fsp3) is 0.901. The van der Waals surface area contributed by atoms with Gasteiger partial charge in [-0.3, -0.25) is 19.2 Å². The fourth-order valence-corrected chi connectivity index (χ4v) is 17.1. The van der Waals surface area contributed by atoms with Crippen molar-refractivity contribution in [1.29, 1.82) is 0 Å². The molecule has 14 heteroatoms. The van der Waals surface area contributed by atoms with E-state index < -0.39 is 0 Å². The molecule has 4 unspecified atom stereocenters. The predicted octanol–water partition coefficient (Wildman–Crippen LogP) is 29.4. The Morgan fingerprint density at radius 2 is 0.609 bits per heavy atom. The molecule has 0 aliphatic carbocycles. The van der Waals surface area contributed by atoms with Crippen molar-refractivity contribution in [1.82, 2.24) is 28.9 Å². The van der Waals surface area contributed by atoms with Crippen LogP contribution in [0.3, 0.4) is 0 Å². The molecule has 0 aromatic carbocycles. The molecule has 4 atom stereocenters. The van der Waals surface area contributed by atoms with Crippen LogP contribution in [-0.4, -0.2) is 116 Å². The molecule has 2 heterocycles. The molecular weight excluding hydrogens is 1430 g/mol. The van der Waals surface area contributed by atoms with Gasteiger partial charge in [-0.1, -0.05) is 318 Å². The highest BCUT2D eigenvalue weighted by Gasteiger charge is 2.28. The number of carbonyl (C=O) groups excluding carboxylic acids is 4. The second-order valence-corrected chi connectivity index (χ2v) is 35.5. The van der Waals surface area contributed by atoms with Crippen LogP contribution in [0.1, 0.15) is 504 Å². The third-order valence-electron chi connectivity index (χ3n) is 24.7. The summed E-state index contributed by atoms with van der Waals surface area (Å²) in [6, 6.07) is 0. The van der Waals surface area contributed by atoms with Gasteiger partial charge in [0.2, 0.25) is 0 Å². The number of hydrogen-bond acceptors (Lipinski definition) is 12. The van der Waals surface area contributed by atoms with Crippen LogP contribution in [-0.2, 0) is 51.2 Å². The highest BCUT2D eigenvalue weighted by Crippen LogP contribution is 2.31. The monoisotopic (exact) mass is 1620 g/mol. The lowest BCUT2D eigenvalue weighted by molar-refractivity contribution is -0.154. The van der Waals surface area contributed by atoms with Gasteiger partial charge in [-0.05, 0) is 206 Å². The van der Waals surface area contributed by atoms with Gasteiger partial charge in [0.1, 0.15) is 30.2 Å². The largest absolute Gasteiger partial charge is 0.462 e. The van der Waals surface area contributed by atoms with Crippen LogP contribution >= 0.6 is 0 Å². The minimum atomic E-state index is -0.0940. The summed E-state index contributed by atoms with van der Waals surface area (Å²) in [5, 5.41) is 0. The Bertz CT molecular complexity index is 2390. The Labute approximate surface area is 711 Å². The maximum Gasteiger partial charge on any atom is 0.306 e. The summed E-state index contributed by atoms with van der Waals surface area (Å²) in [7, 11) is 0. The highest BCUT2D eigenvalue weighted by atomic mass is 16.6. The van der Waals surface area contributed by atoms with Crippen LogP contribution in [0.5, 0.6) is 0 Å². The molecule has 0 radical (unpaired) electrons. The highest BCUT2D eigenvalue weighted by molar-refractivity contribution is 5.70. The quantitative estimate of drug-likeness (QED) is 0.0353. The Morgan fingerprint density at radius 1 is 0.304 bits per heavy atom. The van der Waals surface area contributed by atoms with E-state index in [2.05, 4.69) is 96.7 Å². The summed E-state index contributed by atoms with van der Waals surface area (Å²) >= 11 is 0. The standard InChI is InChI=1S/C101H190N6O8/c1-9-16-22-28-38-52-68-94(15-7)112-98(108)73-57-43-33-47-61-81-104(85-65-87-106-89-79-102-91-106)82-62-50-36-46-60-76-101(111)115-97(72-56-42-32-26-20-13-5)93(67-51-37-27-21-14-6)77-78-96(71-55-41-31-25-19-12-4)114-100(110)75-59-45-35-49-64-84-105(86-66-88-107-90-80-103-92(107)8)83-63-48-34-44-58-74-99(109)113-95(69-53-39-29-23-17-10-2)70-54-40-30-24-18-11-3/h79-80,89-91,93-97H,9-78,81-88H2,1-8H3. The minimum absolute atomic E-state index is 0.00767. The van der Waals surface area contributed by atoms with Gasteiger partial charge in [-0.15, -0.1) is 0 Å². The van der Waals surface area contributed by atoms with Crippen LogP contribution in [0, 0.1) is 12.8 Å². The molecule has 0 fully saturated rings. The molecule has 0 N–H and O–H groups in total. The second-order valence-electron chi connectivity index (χ2n) is 35.5. The molecule has 115 heavy (non-hydrogen) atoms. The zero-order chi connectivity index (χ0) is 83.0. The summed E-state index contributed by atoms with van der Waals surface area (Å²) in [4.78, 5) is 68.0. The zero-order valence-electron chi connectivity index (χ0n) is 77.4. The topological polar surface area (TPSA) is 147 Å². The van der Waals surface area contributed by atoms with E-state index in [9.17, 15) is 19.2 Å². The van der Waals surface area contributed by atoms with Crippen LogP contribution in [0.25, 0.3) is 0 Å². The average Bonchev–Trinajstić information content (AvgIpc) is 1.90. The third kappa shape index (κ3) is 66.6. The molecule has 14 nitrogen and oxygen atoms in total. The van der Waals surface area contributed by atoms with Gasteiger partial charge < -0.3 is 37.9 Å². The summed E-state index contributed by atoms with van der Waals surface area (Å²) in [5.41, 5.74) is 0. The first-order valence-electron chi connectivity index (χ1n) is 50.6. The van der Waals surface area contributed by atoms with E-state index in [1.54, 1.807) is 0 Å². The van der Waals surface area contributed by atoms with Gasteiger partial charge in [0.15, 0.2) is 0 Å². The van der Waals surface area contributed by atoms with Crippen molar-refractivity contribution >= 4 is 23.9 Å². The SMILES string of the molecule is CCCCCCCCC(CC)OC(=O)CCCCCCCN(CCCCCCCC(=O)OC(CCCCCCCC)C(CCCCCCC)CCC(CCCCCCCC)OC(=O)CCCCCCCN(CCCCCCCC(=O)OC(CCCCCCCC)CCCCCCCC)CCCn1ccnc1C)CCCn1ccnc1. The van der Waals surface area contributed by atoms with E-state index in [0.717, 1.165) is 232 Å². The van der Waals surface area contributed by atoms with Gasteiger partial charge in [-0.2, -0.15) is 0 Å². The van der Waals surface area contributed by atoms with E-state index in [1.165, 1.54) is 250 Å². The number of aryl methyl sites for hydroxylation is 3. The molecular formula is C101H190N6O8. The molecule has 0 aliphatic rings. The smallest absolute Gasteiger partial charge is 0.306 e. The van der Waals surface area contributed by atoms with Crippen molar-refractivity contribution < 1.29 is 38.1 Å². The first-order valence-corrected chi connectivity index (χ1v) is 50.6. The number of ether oxygens (including phenoxy) is 4. The summed E-state index contributed by atoms with van der Waals surface area (Å²) in [5.74, 6) is 1.32. The van der Waals surface area contributed by atoms with E-state index in [0.29, 0.717) is 25.7 Å².